The quantitative estimate of drug-likeness (QED) is 0.489. The summed E-state index contributed by atoms with van der Waals surface area (Å²) in [7, 11) is 0. The Morgan fingerprint density at radius 1 is 1.34 bits per heavy atom. The van der Waals surface area contributed by atoms with Crippen LogP contribution in [0.4, 0.5) is 19.0 Å². The van der Waals surface area contributed by atoms with Crippen LogP contribution in [0.3, 0.4) is 0 Å². The lowest BCUT2D eigenvalue weighted by molar-refractivity contribution is -0.117. The van der Waals surface area contributed by atoms with Gasteiger partial charge in [0.1, 0.15) is 11.7 Å². The number of pyridine rings is 1. The van der Waals surface area contributed by atoms with Gasteiger partial charge in [-0.05, 0) is 30.4 Å². The number of benzene rings is 1. The molecule has 4 aromatic rings. The van der Waals surface area contributed by atoms with E-state index in [1.165, 1.54) is 6.20 Å². The highest BCUT2D eigenvalue weighted by Crippen LogP contribution is 2.40. The van der Waals surface area contributed by atoms with Crippen LogP contribution in [0.25, 0.3) is 27.5 Å². The summed E-state index contributed by atoms with van der Waals surface area (Å²) in [5.74, 6) is -2.61. The molecule has 2 N–H and O–H groups in total. The van der Waals surface area contributed by atoms with Gasteiger partial charge in [-0.1, -0.05) is 0 Å². The highest BCUT2D eigenvalue weighted by atomic mass is 32.2. The number of aromatic amines is 1. The summed E-state index contributed by atoms with van der Waals surface area (Å²) < 4.78 is 43.5. The first-order valence-corrected chi connectivity index (χ1v) is 10.0. The van der Waals surface area contributed by atoms with Crippen LogP contribution >= 0.6 is 11.8 Å². The van der Waals surface area contributed by atoms with E-state index in [2.05, 4.69) is 20.6 Å². The minimum absolute atomic E-state index is 0.00171. The van der Waals surface area contributed by atoms with Crippen molar-refractivity contribution in [1.29, 1.82) is 0 Å². The third-order valence-electron chi connectivity index (χ3n) is 5.00. The minimum atomic E-state index is -1.09. The number of aromatic nitrogens is 4. The van der Waals surface area contributed by atoms with Crippen LogP contribution < -0.4 is 5.32 Å². The molecule has 1 aromatic carbocycles. The molecule has 1 amide bonds. The monoisotopic (exact) mass is 417 g/mol. The lowest BCUT2D eigenvalue weighted by Gasteiger charge is -2.12. The zero-order chi connectivity index (χ0) is 20.3. The van der Waals surface area contributed by atoms with Gasteiger partial charge < -0.3 is 5.32 Å². The first-order chi connectivity index (χ1) is 14.0. The second-order valence-corrected chi connectivity index (χ2v) is 7.67. The maximum Gasteiger partial charge on any atom is 0.231 e. The fourth-order valence-corrected chi connectivity index (χ4v) is 4.13. The standard InChI is InChI=1S/C19H14F3N5OS/c1-29-18-14(11-7-23-25-17(11)15(21)16(18)22)8-2-3-27-9(4-8)5-13(26-27)24-19(28)10-6-12(10)20/h2-5,7,10,12H,6H2,1H3,(H,23,25)(H,24,26,28)/t10-,12-/m1/s1. The van der Waals surface area contributed by atoms with Gasteiger partial charge in [-0.2, -0.15) is 10.2 Å². The number of nitrogens with one attached hydrogen (secondary N) is 2. The molecule has 6 nitrogen and oxygen atoms in total. The lowest BCUT2D eigenvalue weighted by atomic mass is 10.0. The Labute approximate surface area is 166 Å². The van der Waals surface area contributed by atoms with Crippen molar-refractivity contribution in [3.63, 3.8) is 0 Å². The molecule has 0 unspecified atom stereocenters. The zero-order valence-corrected chi connectivity index (χ0v) is 15.9. The smallest absolute Gasteiger partial charge is 0.231 e. The number of fused-ring (bicyclic) bond motifs is 2. The SMILES string of the molecule is CSc1c(F)c(F)c2[nH]ncc2c1-c1ccn2nc(NC(=O)[C@@H]3C[C@H]3F)cc2c1. The van der Waals surface area contributed by atoms with Crippen molar-refractivity contribution in [2.45, 2.75) is 17.5 Å². The number of hydrogen-bond acceptors (Lipinski definition) is 4. The molecule has 0 aliphatic heterocycles. The van der Waals surface area contributed by atoms with Crippen LogP contribution in [0.1, 0.15) is 6.42 Å². The van der Waals surface area contributed by atoms with Gasteiger partial charge in [-0.25, -0.2) is 17.7 Å². The van der Waals surface area contributed by atoms with Gasteiger partial charge >= 0.3 is 0 Å². The van der Waals surface area contributed by atoms with Crippen LogP contribution in [0, 0.1) is 17.6 Å². The molecule has 0 bridgehead atoms. The summed E-state index contributed by atoms with van der Waals surface area (Å²) in [5, 5.41) is 13.7. The van der Waals surface area contributed by atoms with E-state index in [1.54, 1.807) is 35.2 Å². The highest BCUT2D eigenvalue weighted by Gasteiger charge is 2.43. The van der Waals surface area contributed by atoms with Crippen molar-refractivity contribution in [2.75, 3.05) is 11.6 Å². The number of alkyl halides is 1. The van der Waals surface area contributed by atoms with E-state index in [0.29, 0.717) is 27.8 Å². The lowest BCUT2D eigenvalue weighted by Crippen LogP contribution is -2.15. The summed E-state index contributed by atoms with van der Waals surface area (Å²) >= 11 is 1.11. The topological polar surface area (TPSA) is 75.1 Å². The van der Waals surface area contributed by atoms with Crippen LogP contribution in [-0.4, -0.2) is 38.1 Å². The summed E-state index contributed by atoms with van der Waals surface area (Å²) in [4.78, 5) is 12.1. The van der Waals surface area contributed by atoms with Crippen molar-refractivity contribution in [1.82, 2.24) is 19.8 Å². The van der Waals surface area contributed by atoms with Crippen LogP contribution in [-0.2, 0) is 4.79 Å². The molecule has 1 fully saturated rings. The van der Waals surface area contributed by atoms with Gasteiger partial charge in [0.05, 0.1) is 22.5 Å². The third-order valence-corrected chi connectivity index (χ3v) is 5.80. The van der Waals surface area contributed by atoms with E-state index in [0.717, 1.165) is 11.8 Å². The average Bonchev–Trinajstić information content (AvgIpc) is 3.09. The average molecular weight is 417 g/mol. The highest BCUT2D eigenvalue weighted by molar-refractivity contribution is 7.98. The largest absolute Gasteiger partial charge is 0.309 e. The number of rotatable bonds is 4. The number of halogens is 3. The summed E-state index contributed by atoms with van der Waals surface area (Å²) in [6, 6.07) is 5.13. The Hall–Kier alpha value is -3.01. The van der Waals surface area contributed by atoms with Crippen LogP contribution in [0.2, 0.25) is 0 Å². The zero-order valence-electron chi connectivity index (χ0n) is 15.0. The predicted molar refractivity (Wildman–Crippen MR) is 104 cm³/mol. The Kier molecular flexibility index (Phi) is 4.05. The number of carbonyl (C=O) groups excluding carboxylic acids is 1. The van der Waals surface area contributed by atoms with Gasteiger partial charge in [0.2, 0.25) is 5.91 Å². The van der Waals surface area contributed by atoms with Crippen molar-refractivity contribution in [3.05, 3.63) is 42.2 Å². The van der Waals surface area contributed by atoms with E-state index < -0.39 is 29.6 Å². The summed E-state index contributed by atoms with van der Waals surface area (Å²) in [6.45, 7) is 0. The normalized spacial score (nSPS) is 18.5. The molecule has 0 saturated heterocycles. The molecule has 3 heterocycles. The van der Waals surface area contributed by atoms with Crippen molar-refractivity contribution in [3.8, 4) is 11.1 Å². The molecule has 1 aliphatic rings. The molecule has 1 aliphatic carbocycles. The first kappa shape index (κ1) is 18.0. The first-order valence-electron chi connectivity index (χ1n) is 8.80. The Morgan fingerprint density at radius 3 is 2.86 bits per heavy atom. The number of nitrogens with zero attached hydrogens (tertiary/aromatic N) is 3. The second-order valence-electron chi connectivity index (χ2n) is 6.86. The fourth-order valence-electron chi connectivity index (χ4n) is 3.43. The molecule has 3 aromatic heterocycles. The molecule has 1 saturated carbocycles. The Morgan fingerprint density at radius 2 is 2.14 bits per heavy atom. The molecule has 29 heavy (non-hydrogen) atoms. The van der Waals surface area contributed by atoms with Crippen molar-refractivity contribution >= 4 is 39.9 Å². The molecule has 2 atom stereocenters. The molecule has 0 spiro atoms. The van der Waals surface area contributed by atoms with Crippen LogP contribution in [0.5, 0.6) is 0 Å². The second kappa shape index (κ2) is 6.51. The summed E-state index contributed by atoms with van der Waals surface area (Å²) in [5.41, 5.74) is 1.81. The van der Waals surface area contributed by atoms with Gasteiger partial charge in [-0.3, -0.25) is 9.89 Å². The van der Waals surface area contributed by atoms with Gasteiger partial charge in [0.25, 0.3) is 0 Å². The Bertz CT molecular complexity index is 1280. The van der Waals surface area contributed by atoms with Crippen molar-refractivity contribution < 1.29 is 18.0 Å². The number of anilines is 1. The number of amides is 1. The number of H-pyrrole nitrogens is 1. The predicted octanol–water partition coefficient (Wildman–Crippen LogP) is 4.17. The van der Waals surface area contributed by atoms with Gasteiger partial charge in [0.15, 0.2) is 17.5 Å². The fraction of sp³-hybridized carbons (Fsp3) is 0.211. The van der Waals surface area contributed by atoms with Crippen molar-refractivity contribution in [2.24, 2.45) is 5.92 Å². The van der Waals surface area contributed by atoms with Gasteiger partial charge in [-0.15, -0.1) is 11.8 Å². The number of carbonyl (C=O) groups is 1. The van der Waals surface area contributed by atoms with Gasteiger partial charge in [0, 0.05) is 23.2 Å². The molecule has 5 rings (SSSR count). The van der Waals surface area contributed by atoms with E-state index in [1.807, 2.05) is 0 Å². The summed E-state index contributed by atoms with van der Waals surface area (Å²) in [6.07, 6.45) is 3.94. The molecule has 10 heteroatoms. The van der Waals surface area contributed by atoms with E-state index >= 15 is 0 Å². The maximum atomic E-state index is 14.6. The minimum Gasteiger partial charge on any atom is -0.309 e. The molecule has 0 radical (unpaired) electrons. The van der Waals surface area contributed by atoms with E-state index in [4.69, 9.17) is 0 Å². The van der Waals surface area contributed by atoms with E-state index in [-0.39, 0.29) is 16.8 Å². The molecular weight excluding hydrogens is 403 g/mol. The Balaban J connectivity index is 1.60. The third kappa shape index (κ3) is 2.86. The number of hydrogen-bond donors (Lipinski definition) is 2. The number of thioether (sulfide) groups is 1. The van der Waals surface area contributed by atoms with E-state index in [9.17, 15) is 18.0 Å². The van der Waals surface area contributed by atoms with Crippen LogP contribution in [0.15, 0.2) is 35.5 Å². The maximum absolute atomic E-state index is 14.6. The molecular formula is C19H14F3N5OS. The molecule has 148 valence electrons.